The number of rotatable bonds is 4. The van der Waals surface area contributed by atoms with E-state index in [0.717, 1.165) is 12.8 Å². The molecule has 1 saturated carbocycles. The van der Waals surface area contributed by atoms with Crippen molar-refractivity contribution in [1.82, 2.24) is 0 Å². The van der Waals surface area contributed by atoms with Crippen molar-refractivity contribution >= 4 is 16.3 Å². The third-order valence-electron chi connectivity index (χ3n) is 3.34. The molecule has 1 aliphatic carbocycles. The highest BCUT2D eigenvalue weighted by atomic mass is 32.2. The number of hydrogen-bond acceptors (Lipinski definition) is 4. The fraction of sp³-hybridized carbons (Fsp3) is 0.500. The molecule has 1 aromatic rings. The summed E-state index contributed by atoms with van der Waals surface area (Å²) in [6.07, 6.45) is 8.66. The first-order chi connectivity index (χ1) is 9.18. The first kappa shape index (κ1) is 14.1. The molecule has 0 atom stereocenters. The normalized spacial score (nSPS) is 18.3. The van der Waals surface area contributed by atoms with E-state index in [0.29, 0.717) is 5.92 Å². The summed E-state index contributed by atoms with van der Waals surface area (Å²) in [7, 11) is -3.77. The Bertz CT molecular complexity index is 503. The fourth-order valence-corrected chi connectivity index (χ4v) is 3.00. The van der Waals surface area contributed by atoms with Crippen molar-refractivity contribution < 1.29 is 12.7 Å². The van der Waals surface area contributed by atoms with Crippen LogP contribution in [-0.4, -0.2) is 14.6 Å². The summed E-state index contributed by atoms with van der Waals surface area (Å²) in [6.45, 7) is 0. The van der Waals surface area contributed by atoms with Gasteiger partial charge in [-0.15, -0.1) is 0 Å². The Kier molecular flexibility index (Phi) is 4.96. The standard InChI is InChI=1S/C14H19NO3S/c16-19(17,14-10-6-3-7-11-14)18-15-12-13-8-4-1-2-5-9-13/h3,6-7,10-13H,1-2,4-5,8-9H2/b15-12+. The largest absolute Gasteiger partial charge is 0.358 e. The smallest absolute Gasteiger partial charge is 0.265 e. The summed E-state index contributed by atoms with van der Waals surface area (Å²) in [4.78, 5) is 0.132. The van der Waals surface area contributed by atoms with Gasteiger partial charge in [-0.2, -0.15) is 8.42 Å². The van der Waals surface area contributed by atoms with Crippen LogP contribution in [-0.2, 0) is 14.4 Å². The van der Waals surface area contributed by atoms with E-state index in [-0.39, 0.29) is 4.90 Å². The van der Waals surface area contributed by atoms with E-state index in [1.807, 2.05) is 0 Å². The first-order valence-corrected chi connectivity index (χ1v) is 8.11. The van der Waals surface area contributed by atoms with Crippen LogP contribution in [0.3, 0.4) is 0 Å². The average Bonchev–Trinajstić information content (AvgIpc) is 2.68. The lowest BCUT2D eigenvalue weighted by Crippen LogP contribution is -2.05. The Labute approximate surface area is 114 Å². The van der Waals surface area contributed by atoms with Crippen LogP contribution in [0, 0.1) is 5.92 Å². The molecule has 1 aliphatic rings. The van der Waals surface area contributed by atoms with Gasteiger partial charge in [0.15, 0.2) is 0 Å². The zero-order valence-corrected chi connectivity index (χ0v) is 11.7. The van der Waals surface area contributed by atoms with Crippen LogP contribution in [0.4, 0.5) is 0 Å². The number of benzene rings is 1. The van der Waals surface area contributed by atoms with E-state index in [1.54, 1.807) is 24.4 Å². The molecule has 0 spiro atoms. The molecular weight excluding hydrogens is 262 g/mol. The molecule has 0 aliphatic heterocycles. The molecule has 0 N–H and O–H groups in total. The van der Waals surface area contributed by atoms with E-state index in [2.05, 4.69) is 5.16 Å². The van der Waals surface area contributed by atoms with Crippen LogP contribution in [0.1, 0.15) is 38.5 Å². The predicted molar refractivity (Wildman–Crippen MR) is 74.4 cm³/mol. The van der Waals surface area contributed by atoms with E-state index in [4.69, 9.17) is 4.28 Å². The zero-order valence-electron chi connectivity index (χ0n) is 10.9. The van der Waals surface area contributed by atoms with Gasteiger partial charge in [0.05, 0.1) is 0 Å². The highest BCUT2D eigenvalue weighted by Crippen LogP contribution is 2.21. The van der Waals surface area contributed by atoms with Gasteiger partial charge in [0.2, 0.25) is 0 Å². The quantitative estimate of drug-likeness (QED) is 0.483. The van der Waals surface area contributed by atoms with Crippen LogP contribution < -0.4 is 0 Å². The average molecular weight is 281 g/mol. The highest BCUT2D eigenvalue weighted by molar-refractivity contribution is 7.86. The van der Waals surface area contributed by atoms with Crippen molar-refractivity contribution in [3.63, 3.8) is 0 Å². The predicted octanol–water partition coefficient (Wildman–Crippen LogP) is 3.35. The van der Waals surface area contributed by atoms with Gasteiger partial charge in [0.25, 0.3) is 0 Å². The van der Waals surface area contributed by atoms with E-state index in [9.17, 15) is 8.42 Å². The van der Waals surface area contributed by atoms with Gasteiger partial charge in [0.1, 0.15) is 4.90 Å². The van der Waals surface area contributed by atoms with Crippen LogP contribution in [0.25, 0.3) is 0 Å². The summed E-state index contributed by atoms with van der Waals surface area (Å²) in [5.74, 6) is 0.341. The van der Waals surface area contributed by atoms with Crippen LogP contribution in [0.15, 0.2) is 40.4 Å². The van der Waals surface area contributed by atoms with Crippen molar-refractivity contribution in [2.24, 2.45) is 11.1 Å². The number of oxime groups is 1. The van der Waals surface area contributed by atoms with Crippen LogP contribution in [0.2, 0.25) is 0 Å². The second kappa shape index (κ2) is 6.70. The Morgan fingerprint density at radius 1 is 1.05 bits per heavy atom. The molecule has 1 fully saturated rings. The van der Waals surface area contributed by atoms with Gasteiger partial charge in [-0.3, -0.25) is 4.28 Å². The third kappa shape index (κ3) is 4.35. The lowest BCUT2D eigenvalue weighted by Gasteiger charge is -2.06. The molecule has 19 heavy (non-hydrogen) atoms. The molecule has 0 bridgehead atoms. The van der Waals surface area contributed by atoms with Gasteiger partial charge in [-0.1, -0.05) is 49.0 Å². The molecule has 0 unspecified atom stereocenters. The van der Waals surface area contributed by atoms with Crippen molar-refractivity contribution in [3.05, 3.63) is 30.3 Å². The molecule has 5 heteroatoms. The zero-order chi connectivity index (χ0) is 13.6. The fourth-order valence-electron chi connectivity index (χ4n) is 2.26. The molecule has 0 saturated heterocycles. The Hall–Kier alpha value is -1.36. The first-order valence-electron chi connectivity index (χ1n) is 6.71. The summed E-state index contributed by atoms with van der Waals surface area (Å²) >= 11 is 0. The van der Waals surface area contributed by atoms with Gasteiger partial charge in [-0.05, 0) is 30.9 Å². The molecule has 0 radical (unpaired) electrons. The molecule has 0 amide bonds. The minimum atomic E-state index is -3.77. The highest BCUT2D eigenvalue weighted by Gasteiger charge is 2.15. The monoisotopic (exact) mass is 281 g/mol. The van der Waals surface area contributed by atoms with E-state index >= 15 is 0 Å². The minimum absolute atomic E-state index is 0.132. The summed E-state index contributed by atoms with van der Waals surface area (Å²) in [5, 5.41) is 3.67. The van der Waals surface area contributed by atoms with Gasteiger partial charge < -0.3 is 0 Å². The van der Waals surface area contributed by atoms with Crippen molar-refractivity contribution in [1.29, 1.82) is 0 Å². The second-order valence-corrected chi connectivity index (χ2v) is 6.38. The maximum Gasteiger partial charge on any atom is 0.358 e. The number of hydrogen-bond donors (Lipinski definition) is 0. The third-order valence-corrected chi connectivity index (χ3v) is 4.48. The molecule has 104 valence electrons. The maximum atomic E-state index is 11.8. The molecule has 0 aromatic heterocycles. The van der Waals surface area contributed by atoms with Gasteiger partial charge in [0, 0.05) is 6.21 Å². The number of nitrogens with zero attached hydrogens (tertiary/aromatic N) is 1. The SMILES string of the molecule is O=S(=O)(O/N=C/C1CCCCCC1)c1ccccc1. The van der Waals surface area contributed by atoms with Crippen molar-refractivity contribution in [2.45, 2.75) is 43.4 Å². The molecular formula is C14H19NO3S. The van der Waals surface area contributed by atoms with Crippen LogP contribution in [0.5, 0.6) is 0 Å². The lowest BCUT2D eigenvalue weighted by molar-refractivity contribution is 0.337. The van der Waals surface area contributed by atoms with Crippen LogP contribution >= 0.6 is 0 Å². The van der Waals surface area contributed by atoms with Gasteiger partial charge >= 0.3 is 10.1 Å². The molecule has 4 nitrogen and oxygen atoms in total. The minimum Gasteiger partial charge on any atom is -0.265 e. The Morgan fingerprint density at radius 2 is 1.68 bits per heavy atom. The summed E-state index contributed by atoms with van der Waals surface area (Å²) < 4.78 is 28.3. The van der Waals surface area contributed by atoms with E-state index in [1.165, 1.54) is 37.8 Å². The Balaban J connectivity index is 1.94. The molecule has 2 rings (SSSR count). The summed E-state index contributed by atoms with van der Waals surface area (Å²) in [6, 6.07) is 8.07. The second-order valence-electron chi connectivity index (χ2n) is 4.85. The van der Waals surface area contributed by atoms with Crippen molar-refractivity contribution in [3.8, 4) is 0 Å². The molecule has 1 aromatic carbocycles. The lowest BCUT2D eigenvalue weighted by atomic mass is 10.0. The van der Waals surface area contributed by atoms with Gasteiger partial charge in [-0.25, -0.2) is 0 Å². The Morgan fingerprint density at radius 3 is 2.32 bits per heavy atom. The topological polar surface area (TPSA) is 55.7 Å². The maximum absolute atomic E-state index is 11.8. The molecule has 0 heterocycles. The summed E-state index contributed by atoms with van der Waals surface area (Å²) in [5.41, 5.74) is 0. The van der Waals surface area contributed by atoms with E-state index < -0.39 is 10.1 Å². The van der Waals surface area contributed by atoms with Crippen molar-refractivity contribution in [2.75, 3.05) is 0 Å².